The van der Waals surface area contributed by atoms with Gasteiger partial charge in [-0.05, 0) is 106 Å². The van der Waals surface area contributed by atoms with E-state index < -0.39 is 0 Å². The molecule has 0 spiro atoms. The van der Waals surface area contributed by atoms with Crippen LogP contribution in [0.25, 0.3) is 103 Å². The summed E-state index contributed by atoms with van der Waals surface area (Å²) in [5.74, 6) is 0. The third kappa shape index (κ3) is 5.37. The minimum atomic E-state index is 0.865. The second-order valence-corrected chi connectivity index (χ2v) is 17.1. The summed E-state index contributed by atoms with van der Waals surface area (Å²) < 4.78 is 11.9. The maximum Gasteiger partial charge on any atom is 0.145 e. The number of aromatic nitrogens is 1. The third-order valence-electron chi connectivity index (χ3n) is 12.6. The Hall–Kier alpha value is -7.92. The molecule has 4 heteroatoms. The number of furan rings is 1. The lowest BCUT2D eigenvalue weighted by Gasteiger charge is -2.28. The van der Waals surface area contributed by atoms with Crippen molar-refractivity contribution in [1.82, 2.24) is 4.57 Å². The topological polar surface area (TPSA) is 21.3 Å². The Kier molecular flexibility index (Phi) is 7.78. The van der Waals surface area contributed by atoms with Gasteiger partial charge in [-0.15, -0.1) is 11.3 Å². The predicted octanol–water partition coefficient (Wildman–Crippen LogP) is 17.0. The van der Waals surface area contributed by atoms with Crippen molar-refractivity contribution in [2.45, 2.75) is 0 Å². The van der Waals surface area contributed by atoms with Gasteiger partial charge in [0.05, 0.1) is 27.8 Å². The van der Waals surface area contributed by atoms with Crippen molar-refractivity contribution in [3.8, 4) is 27.9 Å². The number of para-hydroxylation sites is 3. The van der Waals surface area contributed by atoms with Crippen molar-refractivity contribution in [2.75, 3.05) is 4.90 Å². The zero-order chi connectivity index (χ0) is 40.7. The molecule has 0 atom stereocenters. The number of anilines is 3. The lowest BCUT2D eigenvalue weighted by molar-refractivity contribution is 0.670. The van der Waals surface area contributed by atoms with Crippen LogP contribution in [-0.2, 0) is 0 Å². The van der Waals surface area contributed by atoms with Gasteiger partial charge >= 0.3 is 0 Å². The molecule has 62 heavy (non-hydrogen) atoms. The molecular weight excluding hydrogens is 773 g/mol. The Morgan fingerprint density at radius 1 is 0.403 bits per heavy atom. The van der Waals surface area contributed by atoms with Crippen molar-refractivity contribution in [2.24, 2.45) is 0 Å². The first-order chi connectivity index (χ1) is 30.7. The molecular formula is C58H36N2OS. The van der Waals surface area contributed by atoms with Crippen LogP contribution < -0.4 is 4.90 Å². The van der Waals surface area contributed by atoms with Crippen LogP contribution in [0.5, 0.6) is 0 Å². The second-order valence-electron chi connectivity index (χ2n) is 16.0. The molecule has 0 fully saturated rings. The monoisotopic (exact) mass is 808 g/mol. The van der Waals surface area contributed by atoms with E-state index in [0.717, 1.165) is 61.3 Å². The van der Waals surface area contributed by atoms with Gasteiger partial charge in [-0.3, -0.25) is 0 Å². The number of rotatable bonds is 6. The van der Waals surface area contributed by atoms with Crippen molar-refractivity contribution < 1.29 is 4.42 Å². The third-order valence-corrected chi connectivity index (χ3v) is 13.7. The zero-order valence-electron chi connectivity index (χ0n) is 33.5. The number of thiophene rings is 1. The van der Waals surface area contributed by atoms with E-state index in [1.807, 2.05) is 11.3 Å². The summed E-state index contributed by atoms with van der Waals surface area (Å²) in [6, 6.07) is 79.2. The Morgan fingerprint density at radius 3 is 1.97 bits per heavy atom. The predicted molar refractivity (Wildman–Crippen MR) is 264 cm³/mol. The molecule has 13 rings (SSSR count). The summed E-state index contributed by atoms with van der Waals surface area (Å²) in [6.45, 7) is 0. The maximum absolute atomic E-state index is 6.98. The summed E-state index contributed by atoms with van der Waals surface area (Å²) in [4.78, 5) is 2.46. The molecule has 0 unspecified atom stereocenters. The molecule has 0 radical (unpaired) electrons. The Labute approximate surface area is 361 Å². The molecule has 0 N–H and O–H groups in total. The van der Waals surface area contributed by atoms with Crippen LogP contribution in [-0.4, -0.2) is 4.57 Å². The fourth-order valence-electron chi connectivity index (χ4n) is 9.74. The number of nitrogens with zero attached hydrogens (tertiary/aromatic N) is 2. The van der Waals surface area contributed by atoms with Crippen LogP contribution >= 0.6 is 11.3 Å². The highest BCUT2D eigenvalue weighted by Crippen LogP contribution is 2.50. The first-order valence-electron chi connectivity index (χ1n) is 21.1. The van der Waals surface area contributed by atoms with E-state index in [0.29, 0.717) is 0 Å². The quantitative estimate of drug-likeness (QED) is 0.167. The molecule has 3 heterocycles. The van der Waals surface area contributed by atoms with E-state index in [1.54, 1.807) is 0 Å². The number of fused-ring (bicyclic) bond motifs is 10. The van der Waals surface area contributed by atoms with Crippen molar-refractivity contribution in [3.05, 3.63) is 218 Å². The molecule has 10 aromatic carbocycles. The maximum atomic E-state index is 6.98. The van der Waals surface area contributed by atoms with Crippen LogP contribution in [0.4, 0.5) is 17.1 Å². The van der Waals surface area contributed by atoms with E-state index in [-0.39, 0.29) is 0 Å². The van der Waals surface area contributed by atoms with Crippen molar-refractivity contribution >= 4 is 103 Å². The highest BCUT2D eigenvalue weighted by Gasteiger charge is 2.26. The van der Waals surface area contributed by atoms with Gasteiger partial charge in [0.25, 0.3) is 0 Å². The van der Waals surface area contributed by atoms with Crippen LogP contribution in [0.15, 0.2) is 223 Å². The molecule has 0 bridgehead atoms. The van der Waals surface area contributed by atoms with Crippen molar-refractivity contribution in [3.63, 3.8) is 0 Å². The smallest absolute Gasteiger partial charge is 0.145 e. The molecule has 3 aromatic heterocycles. The summed E-state index contributed by atoms with van der Waals surface area (Å²) in [5, 5.41) is 9.60. The highest BCUT2D eigenvalue weighted by atomic mass is 32.1. The van der Waals surface area contributed by atoms with Gasteiger partial charge in [0.2, 0.25) is 0 Å². The first kappa shape index (κ1) is 34.9. The standard InChI is InChI=1S/C58H36N2OS/c1-2-15-42(16-3-1)59-49-20-9-6-18-47(49)56-50(59)21-12-22-51(56)60(43-30-27-38(28-31-43)40-26-25-37-13-4-5-14-39(37)35-40)52-34-33-44(58-57(52)48-19-7-10-23-53(48)61-58)41-29-32-46-45-17-8-11-24-54(45)62-55(46)36-41/h1-36H. The fourth-order valence-corrected chi connectivity index (χ4v) is 10.9. The van der Waals surface area contributed by atoms with Crippen LogP contribution in [0.1, 0.15) is 0 Å². The second kappa shape index (κ2) is 13.8. The number of benzene rings is 10. The van der Waals surface area contributed by atoms with E-state index >= 15 is 0 Å². The zero-order valence-corrected chi connectivity index (χ0v) is 34.3. The fraction of sp³-hybridized carbons (Fsp3) is 0. The largest absolute Gasteiger partial charge is 0.455 e. The minimum absolute atomic E-state index is 0.865. The summed E-state index contributed by atoms with van der Waals surface area (Å²) >= 11 is 1.84. The summed E-state index contributed by atoms with van der Waals surface area (Å²) in [5.41, 5.74) is 13.0. The molecule has 0 saturated heterocycles. The van der Waals surface area contributed by atoms with Gasteiger partial charge in [0, 0.05) is 53.3 Å². The van der Waals surface area contributed by atoms with Gasteiger partial charge in [0.1, 0.15) is 11.2 Å². The molecule has 0 aliphatic rings. The molecule has 13 aromatic rings. The van der Waals surface area contributed by atoms with Crippen LogP contribution in [0, 0.1) is 0 Å². The Balaban J connectivity index is 1.08. The van der Waals surface area contributed by atoms with E-state index in [2.05, 4.69) is 228 Å². The number of hydrogen-bond donors (Lipinski definition) is 0. The van der Waals surface area contributed by atoms with Gasteiger partial charge in [-0.2, -0.15) is 0 Å². The van der Waals surface area contributed by atoms with Gasteiger partial charge in [0.15, 0.2) is 0 Å². The molecule has 0 amide bonds. The molecule has 0 saturated carbocycles. The Morgan fingerprint density at radius 2 is 1.08 bits per heavy atom. The average Bonchev–Trinajstić information content (AvgIpc) is 4.02. The lowest BCUT2D eigenvalue weighted by Crippen LogP contribution is -2.11. The summed E-state index contributed by atoms with van der Waals surface area (Å²) in [7, 11) is 0. The highest BCUT2D eigenvalue weighted by molar-refractivity contribution is 7.25. The SMILES string of the molecule is c1ccc(-n2c3ccccc3c3c(N(c4ccc(-c5ccc6ccccc6c5)cc4)c4ccc(-c5ccc6c(c5)sc5ccccc56)c5oc6ccccc6c45)cccc32)cc1. The molecule has 0 aliphatic carbocycles. The average molecular weight is 809 g/mol. The minimum Gasteiger partial charge on any atom is -0.455 e. The van der Waals surface area contributed by atoms with Crippen LogP contribution in [0.2, 0.25) is 0 Å². The molecule has 3 nitrogen and oxygen atoms in total. The van der Waals surface area contributed by atoms with Gasteiger partial charge in [-0.1, -0.05) is 140 Å². The first-order valence-corrected chi connectivity index (χ1v) is 21.9. The molecule has 0 aliphatic heterocycles. The van der Waals surface area contributed by atoms with Gasteiger partial charge in [-0.25, -0.2) is 0 Å². The van der Waals surface area contributed by atoms with E-state index in [4.69, 9.17) is 4.42 Å². The van der Waals surface area contributed by atoms with Gasteiger partial charge < -0.3 is 13.9 Å². The summed E-state index contributed by atoms with van der Waals surface area (Å²) in [6.07, 6.45) is 0. The van der Waals surface area contributed by atoms with Crippen LogP contribution in [0.3, 0.4) is 0 Å². The Bertz CT molecular complexity index is 3870. The van der Waals surface area contributed by atoms with E-state index in [1.165, 1.54) is 58.4 Å². The number of hydrogen-bond acceptors (Lipinski definition) is 3. The lowest BCUT2D eigenvalue weighted by atomic mass is 9.98. The van der Waals surface area contributed by atoms with E-state index in [9.17, 15) is 0 Å². The molecule has 290 valence electrons. The normalized spacial score (nSPS) is 11.9. The van der Waals surface area contributed by atoms with Crippen molar-refractivity contribution in [1.29, 1.82) is 0 Å².